The fourth-order valence-corrected chi connectivity index (χ4v) is 3.92. The fourth-order valence-electron chi connectivity index (χ4n) is 2.96. The molecule has 160 valence electrons. The quantitative estimate of drug-likeness (QED) is 0.466. The number of hydrogen-bond acceptors (Lipinski definition) is 5. The van der Waals surface area contributed by atoms with Crippen molar-refractivity contribution in [1.29, 1.82) is 0 Å². The van der Waals surface area contributed by atoms with Gasteiger partial charge in [0.1, 0.15) is 18.0 Å². The third-order valence-corrected chi connectivity index (χ3v) is 5.60. The molecule has 0 saturated carbocycles. The standard InChI is InChI=1S/C24H17ClN2O4S/c25-17-9-11-18(12-10-17)26-22(28)15-27-23(29)21(32-24(27)30)14-16-5-4-8-20(13-16)31-19-6-2-1-3-7-19/h1-14H,15H2,(H,26,28). The van der Waals surface area contributed by atoms with Crippen molar-refractivity contribution in [2.24, 2.45) is 0 Å². The summed E-state index contributed by atoms with van der Waals surface area (Å²) in [7, 11) is 0. The van der Waals surface area contributed by atoms with Crippen LogP contribution < -0.4 is 10.1 Å². The summed E-state index contributed by atoms with van der Waals surface area (Å²) >= 11 is 6.63. The van der Waals surface area contributed by atoms with Gasteiger partial charge in [-0.2, -0.15) is 0 Å². The molecule has 1 aliphatic heterocycles. The normalized spacial score (nSPS) is 14.7. The highest BCUT2D eigenvalue weighted by molar-refractivity contribution is 8.18. The number of halogens is 1. The molecule has 1 fully saturated rings. The molecule has 0 aromatic heterocycles. The first-order valence-electron chi connectivity index (χ1n) is 9.62. The average Bonchev–Trinajstić information content (AvgIpc) is 3.03. The Labute approximate surface area is 193 Å². The predicted octanol–water partition coefficient (Wildman–Crippen LogP) is 5.81. The maximum absolute atomic E-state index is 12.7. The van der Waals surface area contributed by atoms with Gasteiger partial charge >= 0.3 is 0 Å². The van der Waals surface area contributed by atoms with Gasteiger partial charge in [-0.3, -0.25) is 19.3 Å². The zero-order chi connectivity index (χ0) is 22.5. The van der Waals surface area contributed by atoms with Crippen LogP contribution in [0.5, 0.6) is 11.5 Å². The van der Waals surface area contributed by atoms with E-state index in [0.717, 1.165) is 16.7 Å². The average molecular weight is 465 g/mol. The van der Waals surface area contributed by atoms with E-state index in [1.165, 1.54) is 0 Å². The van der Waals surface area contributed by atoms with Crippen LogP contribution in [0.2, 0.25) is 5.02 Å². The van der Waals surface area contributed by atoms with E-state index < -0.39 is 17.1 Å². The molecule has 32 heavy (non-hydrogen) atoms. The zero-order valence-corrected chi connectivity index (χ0v) is 18.2. The van der Waals surface area contributed by atoms with E-state index in [1.54, 1.807) is 54.6 Å². The van der Waals surface area contributed by atoms with Gasteiger partial charge in [-0.25, -0.2) is 0 Å². The second-order valence-electron chi connectivity index (χ2n) is 6.81. The highest BCUT2D eigenvalue weighted by atomic mass is 35.5. The van der Waals surface area contributed by atoms with Gasteiger partial charge < -0.3 is 10.1 Å². The van der Waals surface area contributed by atoms with Crippen LogP contribution >= 0.6 is 23.4 Å². The lowest BCUT2D eigenvalue weighted by molar-refractivity contribution is -0.127. The van der Waals surface area contributed by atoms with Crippen molar-refractivity contribution in [3.8, 4) is 11.5 Å². The Kier molecular flexibility index (Phi) is 6.58. The Balaban J connectivity index is 1.43. The molecule has 0 aliphatic carbocycles. The largest absolute Gasteiger partial charge is 0.457 e. The molecule has 0 radical (unpaired) electrons. The number of rotatable bonds is 6. The van der Waals surface area contributed by atoms with Crippen LogP contribution in [0.1, 0.15) is 5.56 Å². The molecule has 1 aliphatic rings. The maximum atomic E-state index is 12.7. The fraction of sp³-hybridized carbons (Fsp3) is 0.0417. The number of nitrogens with one attached hydrogen (secondary N) is 1. The molecule has 3 aromatic rings. The van der Waals surface area contributed by atoms with Crippen molar-refractivity contribution >= 4 is 52.2 Å². The highest BCUT2D eigenvalue weighted by Gasteiger charge is 2.36. The predicted molar refractivity (Wildman–Crippen MR) is 126 cm³/mol. The molecular weight excluding hydrogens is 448 g/mol. The number of ether oxygens (including phenoxy) is 1. The van der Waals surface area contributed by atoms with Crippen molar-refractivity contribution in [1.82, 2.24) is 4.90 Å². The molecule has 3 aromatic carbocycles. The van der Waals surface area contributed by atoms with Crippen molar-refractivity contribution in [3.63, 3.8) is 0 Å². The Morgan fingerprint density at radius 2 is 1.69 bits per heavy atom. The Morgan fingerprint density at radius 3 is 2.44 bits per heavy atom. The van der Waals surface area contributed by atoms with Gasteiger partial charge in [-0.1, -0.05) is 41.9 Å². The lowest BCUT2D eigenvalue weighted by atomic mass is 10.2. The summed E-state index contributed by atoms with van der Waals surface area (Å²) in [6.45, 7) is -0.373. The number of para-hydroxylation sites is 1. The number of thioether (sulfide) groups is 1. The number of nitrogens with zero attached hydrogens (tertiary/aromatic N) is 1. The molecule has 6 nitrogen and oxygen atoms in total. The van der Waals surface area contributed by atoms with Crippen LogP contribution in [-0.4, -0.2) is 28.5 Å². The van der Waals surface area contributed by atoms with Crippen molar-refractivity contribution in [3.05, 3.63) is 94.4 Å². The molecule has 8 heteroatoms. The van der Waals surface area contributed by atoms with Crippen LogP contribution in [0.4, 0.5) is 10.5 Å². The summed E-state index contributed by atoms with van der Waals surface area (Å²) in [5, 5.41) is 2.69. The van der Waals surface area contributed by atoms with Gasteiger partial charge in [-0.15, -0.1) is 0 Å². The summed E-state index contributed by atoms with van der Waals surface area (Å²) in [5.74, 6) is 0.304. The van der Waals surface area contributed by atoms with E-state index in [4.69, 9.17) is 16.3 Å². The molecule has 0 atom stereocenters. The molecule has 4 rings (SSSR count). The van der Waals surface area contributed by atoms with E-state index in [0.29, 0.717) is 27.8 Å². The minimum absolute atomic E-state index is 0.242. The number of imide groups is 1. The van der Waals surface area contributed by atoms with Crippen LogP contribution in [0.3, 0.4) is 0 Å². The third kappa shape index (κ3) is 5.38. The van der Waals surface area contributed by atoms with Crippen LogP contribution in [-0.2, 0) is 9.59 Å². The van der Waals surface area contributed by atoms with E-state index in [9.17, 15) is 14.4 Å². The summed E-state index contributed by atoms with van der Waals surface area (Å²) in [4.78, 5) is 38.5. The second kappa shape index (κ2) is 9.72. The Hall–Kier alpha value is -3.55. The number of hydrogen-bond donors (Lipinski definition) is 1. The van der Waals surface area contributed by atoms with Crippen molar-refractivity contribution in [2.45, 2.75) is 0 Å². The van der Waals surface area contributed by atoms with Gasteiger partial charge in [0.15, 0.2) is 0 Å². The monoisotopic (exact) mass is 464 g/mol. The molecular formula is C24H17ClN2O4S. The first kappa shape index (κ1) is 21.7. The molecule has 1 N–H and O–H groups in total. The van der Waals surface area contributed by atoms with Gasteiger partial charge in [0.05, 0.1) is 4.91 Å². The summed E-state index contributed by atoms with van der Waals surface area (Å²) in [6, 6.07) is 23.0. The van der Waals surface area contributed by atoms with E-state index >= 15 is 0 Å². The number of carbonyl (C=O) groups is 3. The highest BCUT2D eigenvalue weighted by Crippen LogP contribution is 2.33. The van der Waals surface area contributed by atoms with E-state index in [-0.39, 0.29) is 11.4 Å². The minimum atomic E-state index is -0.513. The van der Waals surface area contributed by atoms with Crippen molar-refractivity contribution in [2.75, 3.05) is 11.9 Å². The van der Waals surface area contributed by atoms with Gasteiger partial charge in [0, 0.05) is 10.7 Å². The first-order valence-corrected chi connectivity index (χ1v) is 10.8. The Bertz CT molecular complexity index is 1200. The lowest BCUT2D eigenvalue weighted by Gasteiger charge is -2.12. The zero-order valence-electron chi connectivity index (χ0n) is 16.7. The molecule has 1 heterocycles. The number of anilines is 1. The number of amides is 3. The van der Waals surface area contributed by atoms with Gasteiger partial charge in [0.25, 0.3) is 11.1 Å². The summed E-state index contributed by atoms with van der Waals surface area (Å²) < 4.78 is 5.81. The second-order valence-corrected chi connectivity index (χ2v) is 8.24. The number of carbonyl (C=O) groups excluding carboxylic acids is 3. The molecule has 3 amide bonds. The third-order valence-electron chi connectivity index (χ3n) is 4.44. The smallest absolute Gasteiger partial charge is 0.294 e. The molecule has 0 unspecified atom stereocenters. The molecule has 0 bridgehead atoms. The lowest BCUT2D eigenvalue weighted by Crippen LogP contribution is -2.36. The number of benzene rings is 3. The van der Waals surface area contributed by atoms with Crippen LogP contribution in [0.25, 0.3) is 6.08 Å². The topological polar surface area (TPSA) is 75.7 Å². The van der Waals surface area contributed by atoms with Crippen LogP contribution in [0.15, 0.2) is 83.8 Å². The van der Waals surface area contributed by atoms with Gasteiger partial charge in [-0.05, 0) is 71.9 Å². The summed E-state index contributed by atoms with van der Waals surface area (Å²) in [6.07, 6.45) is 1.61. The van der Waals surface area contributed by atoms with Crippen LogP contribution in [0, 0.1) is 0 Å². The minimum Gasteiger partial charge on any atom is -0.457 e. The summed E-state index contributed by atoms with van der Waals surface area (Å²) in [5.41, 5.74) is 1.23. The van der Waals surface area contributed by atoms with Crippen molar-refractivity contribution < 1.29 is 19.1 Å². The first-order chi connectivity index (χ1) is 15.5. The van der Waals surface area contributed by atoms with E-state index in [2.05, 4.69) is 5.32 Å². The Morgan fingerprint density at radius 1 is 0.969 bits per heavy atom. The van der Waals surface area contributed by atoms with Gasteiger partial charge in [0.2, 0.25) is 5.91 Å². The maximum Gasteiger partial charge on any atom is 0.294 e. The van der Waals surface area contributed by atoms with E-state index in [1.807, 2.05) is 30.3 Å². The molecule has 1 saturated heterocycles. The SMILES string of the molecule is O=C(CN1C(=O)SC(=Cc2cccc(Oc3ccccc3)c2)C1=O)Nc1ccc(Cl)cc1. The molecule has 0 spiro atoms.